The van der Waals surface area contributed by atoms with E-state index in [4.69, 9.17) is 0 Å². The van der Waals surface area contributed by atoms with E-state index in [0.717, 1.165) is 37.0 Å². The molecular formula is C12H17N3O4S. The molecule has 8 heteroatoms. The molecule has 1 aliphatic rings. The van der Waals surface area contributed by atoms with E-state index >= 15 is 0 Å². The molecule has 0 aliphatic heterocycles. The normalized spacial score (nSPS) is 18.2. The number of nitro groups is 1. The zero-order chi connectivity index (χ0) is 14.6. The van der Waals surface area contributed by atoms with E-state index in [1.165, 1.54) is 6.20 Å². The summed E-state index contributed by atoms with van der Waals surface area (Å²) < 4.78 is 0. The summed E-state index contributed by atoms with van der Waals surface area (Å²) in [6.07, 6.45) is 6.42. The van der Waals surface area contributed by atoms with Gasteiger partial charge in [0.05, 0.1) is 10.3 Å². The van der Waals surface area contributed by atoms with Gasteiger partial charge in [-0.2, -0.15) is 0 Å². The number of carbonyl (C=O) groups is 1. The van der Waals surface area contributed by atoms with Gasteiger partial charge in [0.15, 0.2) is 5.13 Å². The Labute approximate surface area is 120 Å². The minimum atomic E-state index is -0.794. The number of anilines is 1. The Balaban J connectivity index is 2.04. The monoisotopic (exact) mass is 299 g/mol. The first kappa shape index (κ1) is 14.7. The first-order valence-electron chi connectivity index (χ1n) is 6.61. The van der Waals surface area contributed by atoms with Crippen LogP contribution in [-0.2, 0) is 4.79 Å². The van der Waals surface area contributed by atoms with Gasteiger partial charge in [-0.1, -0.05) is 25.7 Å². The predicted octanol–water partition coefficient (Wildman–Crippen LogP) is 2.89. The first-order valence-corrected chi connectivity index (χ1v) is 7.43. The quantitative estimate of drug-likeness (QED) is 0.492. The van der Waals surface area contributed by atoms with Crippen LogP contribution in [0, 0.1) is 15.5 Å². The first-order chi connectivity index (χ1) is 9.53. The fraction of sp³-hybridized carbons (Fsp3) is 0.667. The highest BCUT2D eigenvalue weighted by Gasteiger charge is 2.38. The van der Waals surface area contributed by atoms with Crippen LogP contribution in [0.2, 0.25) is 0 Å². The fourth-order valence-corrected chi connectivity index (χ4v) is 3.18. The van der Waals surface area contributed by atoms with Crippen molar-refractivity contribution in [1.29, 1.82) is 0 Å². The van der Waals surface area contributed by atoms with Gasteiger partial charge in [0.1, 0.15) is 6.20 Å². The molecule has 0 aromatic carbocycles. The van der Waals surface area contributed by atoms with Crippen LogP contribution >= 0.6 is 11.3 Å². The van der Waals surface area contributed by atoms with E-state index in [-0.39, 0.29) is 11.5 Å². The minimum absolute atomic E-state index is 0.0438. The molecule has 2 rings (SSSR count). The molecule has 20 heavy (non-hydrogen) atoms. The van der Waals surface area contributed by atoms with Crippen molar-refractivity contribution in [2.24, 2.45) is 5.41 Å². The van der Waals surface area contributed by atoms with Crippen molar-refractivity contribution in [3.05, 3.63) is 16.3 Å². The SMILES string of the molecule is O=C(O)C1(CNc2ncc([N+](=O)[O-])s2)CCCCCC1. The summed E-state index contributed by atoms with van der Waals surface area (Å²) in [5.74, 6) is -0.794. The summed E-state index contributed by atoms with van der Waals surface area (Å²) in [6.45, 7) is 0.271. The molecule has 0 atom stereocenters. The molecule has 1 aliphatic carbocycles. The molecule has 0 saturated heterocycles. The number of nitrogens with one attached hydrogen (secondary N) is 1. The Hall–Kier alpha value is -1.70. The van der Waals surface area contributed by atoms with E-state index in [9.17, 15) is 20.0 Å². The van der Waals surface area contributed by atoms with Crippen LogP contribution in [0.1, 0.15) is 38.5 Å². The Morgan fingerprint density at radius 2 is 2.10 bits per heavy atom. The van der Waals surface area contributed by atoms with Crippen molar-refractivity contribution < 1.29 is 14.8 Å². The van der Waals surface area contributed by atoms with Gasteiger partial charge in [-0.15, -0.1) is 0 Å². The maximum atomic E-state index is 11.6. The third kappa shape index (κ3) is 3.24. The molecule has 110 valence electrons. The standard InChI is InChI=1S/C12H17N3O4S/c16-10(17)12(5-3-1-2-4-6-12)8-14-11-13-7-9(20-11)15(18)19/h7H,1-6,8H2,(H,13,14)(H,16,17). The van der Waals surface area contributed by atoms with Gasteiger partial charge in [0.2, 0.25) is 0 Å². The van der Waals surface area contributed by atoms with Crippen molar-refractivity contribution in [3.63, 3.8) is 0 Å². The maximum absolute atomic E-state index is 11.6. The Bertz CT molecular complexity index is 495. The van der Waals surface area contributed by atoms with Gasteiger partial charge in [0.25, 0.3) is 0 Å². The third-order valence-corrected chi connectivity index (χ3v) is 4.67. The van der Waals surface area contributed by atoms with E-state index in [2.05, 4.69) is 10.3 Å². The number of rotatable bonds is 5. The summed E-state index contributed by atoms with van der Waals surface area (Å²) in [7, 11) is 0. The van der Waals surface area contributed by atoms with Crippen LogP contribution in [0.5, 0.6) is 0 Å². The fourth-order valence-electron chi connectivity index (χ4n) is 2.55. The summed E-state index contributed by atoms with van der Waals surface area (Å²) >= 11 is 0.931. The van der Waals surface area contributed by atoms with Crippen molar-refractivity contribution in [2.75, 3.05) is 11.9 Å². The van der Waals surface area contributed by atoms with E-state index in [1.807, 2.05) is 0 Å². The zero-order valence-corrected chi connectivity index (χ0v) is 11.8. The molecule has 0 amide bonds. The van der Waals surface area contributed by atoms with Crippen LogP contribution in [0.3, 0.4) is 0 Å². The smallest absolute Gasteiger partial charge is 0.345 e. The number of thiazole rings is 1. The number of aromatic nitrogens is 1. The van der Waals surface area contributed by atoms with Gasteiger partial charge >= 0.3 is 11.0 Å². The molecule has 1 aromatic rings. The lowest BCUT2D eigenvalue weighted by molar-refractivity contribution is -0.380. The van der Waals surface area contributed by atoms with Crippen molar-refractivity contribution >= 4 is 27.4 Å². The van der Waals surface area contributed by atoms with Crippen LogP contribution in [-0.4, -0.2) is 27.5 Å². The molecule has 1 fully saturated rings. The van der Waals surface area contributed by atoms with E-state index in [1.54, 1.807) is 0 Å². The molecule has 1 saturated carbocycles. The van der Waals surface area contributed by atoms with E-state index < -0.39 is 16.3 Å². The van der Waals surface area contributed by atoms with E-state index in [0.29, 0.717) is 18.0 Å². The highest BCUT2D eigenvalue weighted by atomic mass is 32.1. The molecule has 0 spiro atoms. The van der Waals surface area contributed by atoms with Gasteiger partial charge in [-0.25, -0.2) is 4.98 Å². The Kier molecular flexibility index (Phi) is 4.53. The number of nitrogens with zero attached hydrogens (tertiary/aromatic N) is 2. The number of hydrogen-bond acceptors (Lipinski definition) is 6. The van der Waals surface area contributed by atoms with Gasteiger partial charge in [-0.05, 0) is 24.2 Å². The van der Waals surface area contributed by atoms with Gasteiger partial charge < -0.3 is 10.4 Å². The molecular weight excluding hydrogens is 282 g/mol. The highest BCUT2D eigenvalue weighted by molar-refractivity contribution is 7.18. The van der Waals surface area contributed by atoms with Crippen molar-refractivity contribution in [3.8, 4) is 0 Å². The number of aliphatic carboxylic acids is 1. The maximum Gasteiger partial charge on any atom is 0.345 e. The number of hydrogen-bond donors (Lipinski definition) is 2. The van der Waals surface area contributed by atoms with Gasteiger partial charge in [-0.3, -0.25) is 14.9 Å². The lowest BCUT2D eigenvalue weighted by Gasteiger charge is -2.28. The van der Waals surface area contributed by atoms with Crippen LogP contribution in [0.4, 0.5) is 10.1 Å². The predicted molar refractivity (Wildman–Crippen MR) is 75.0 cm³/mol. The topological polar surface area (TPSA) is 105 Å². The van der Waals surface area contributed by atoms with Crippen LogP contribution < -0.4 is 5.32 Å². The lowest BCUT2D eigenvalue weighted by Crippen LogP contribution is -2.37. The summed E-state index contributed by atoms with van der Waals surface area (Å²) in [6, 6.07) is 0. The summed E-state index contributed by atoms with van der Waals surface area (Å²) in [4.78, 5) is 25.6. The van der Waals surface area contributed by atoms with Crippen LogP contribution in [0.25, 0.3) is 0 Å². The molecule has 7 nitrogen and oxygen atoms in total. The average molecular weight is 299 g/mol. The molecule has 0 unspecified atom stereocenters. The summed E-state index contributed by atoms with van der Waals surface area (Å²) in [5, 5.41) is 23.4. The summed E-state index contributed by atoms with van der Waals surface area (Å²) in [5.41, 5.74) is -0.781. The zero-order valence-electron chi connectivity index (χ0n) is 11.0. The second-order valence-corrected chi connectivity index (χ2v) is 6.12. The number of carboxylic acids is 1. The average Bonchev–Trinajstić information content (AvgIpc) is 2.75. The number of carboxylic acid groups (broad SMARTS) is 1. The van der Waals surface area contributed by atoms with Gasteiger partial charge in [0, 0.05) is 6.54 Å². The molecule has 1 aromatic heterocycles. The second kappa shape index (κ2) is 6.17. The third-order valence-electron chi connectivity index (χ3n) is 3.77. The molecule has 2 N–H and O–H groups in total. The lowest BCUT2D eigenvalue weighted by atomic mass is 9.80. The molecule has 0 bridgehead atoms. The largest absolute Gasteiger partial charge is 0.481 e. The second-order valence-electron chi connectivity index (χ2n) is 5.11. The minimum Gasteiger partial charge on any atom is -0.481 e. The molecule has 0 radical (unpaired) electrons. The highest BCUT2D eigenvalue weighted by Crippen LogP contribution is 2.36. The molecule has 1 heterocycles. The van der Waals surface area contributed by atoms with Crippen molar-refractivity contribution in [1.82, 2.24) is 4.98 Å². The Morgan fingerprint density at radius 3 is 2.60 bits per heavy atom. The van der Waals surface area contributed by atoms with Crippen molar-refractivity contribution in [2.45, 2.75) is 38.5 Å². The Morgan fingerprint density at radius 1 is 1.45 bits per heavy atom. The van der Waals surface area contributed by atoms with Crippen LogP contribution in [0.15, 0.2) is 6.20 Å².